The van der Waals surface area contributed by atoms with Crippen LogP contribution in [0.2, 0.25) is 5.02 Å². The maximum Gasteiger partial charge on any atom is 0.255 e. The smallest absolute Gasteiger partial charge is 0.255 e. The topological polar surface area (TPSA) is 64.4 Å². The molecule has 1 heterocycles. The van der Waals surface area contributed by atoms with E-state index in [1.165, 1.54) is 0 Å². The van der Waals surface area contributed by atoms with Crippen LogP contribution in [0.15, 0.2) is 71.1 Å². The number of rotatable bonds is 4. The van der Waals surface area contributed by atoms with Gasteiger partial charge in [-0.15, -0.1) is 0 Å². The van der Waals surface area contributed by atoms with E-state index >= 15 is 0 Å². The first-order valence-corrected chi connectivity index (χ1v) is 8.63. The molecule has 0 saturated carbocycles. The van der Waals surface area contributed by atoms with Gasteiger partial charge in [0.05, 0.1) is 12.1 Å². The maximum absolute atomic E-state index is 12.3. The van der Waals surface area contributed by atoms with Gasteiger partial charge in [-0.25, -0.2) is 4.98 Å². The number of fused-ring (bicyclic) bond motifs is 1. The highest BCUT2D eigenvalue weighted by Crippen LogP contribution is 2.32. The number of hydrogen-bond acceptors (Lipinski definition) is 4. The number of hydrogen-bond donors (Lipinski definition) is 1. The van der Waals surface area contributed by atoms with Crippen LogP contribution in [0.1, 0.15) is 10.4 Å². The first kappa shape index (κ1) is 17.1. The van der Waals surface area contributed by atoms with Crippen molar-refractivity contribution in [2.75, 3.05) is 12.4 Å². The normalized spacial score (nSPS) is 10.7. The minimum Gasteiger partial charge on any atom is -0.495 e. The van der Waals surface area contributed by atoms with Gasteiger partial charge in [-0.2, -0.15) is 0 Å². The summed E-state index contributed by atoms with van der Waals surface area (Å²) in [5.74, 6) is 0.851. The molecular formula is C21H15ClN2O3. The molecule has 0 aliphatic rings. The summed E-state index contributed by atoms with van der Waals surface area (Å²) >= 11 is 6.18. The van der Waals surface area contributed by atoms with E-state index < -0.39 is 0 Å². The van der Waals surface area contributed by atoms with Crippen molar-refractivity contribution in [2.45, 2.75) is 0 Å². The minimum atomic E-state index is -0.180. The molecule has 0 aliphatic heterocycles. The highest BCUT2D eigenvalue weighted by Gasteiger charge is 2.12. The molecule has 0 unspecified atom stereocenters. The molecule has 1 amide bonds. The molecule has 27 heavy (non-hydrogen) atoms. The third kappa shape index (κ3) is 3.50. The summed E-state index contributed by atoms with van der Waals surface area (Å²) in [6.07, 6.45) is 0. The Hall–Kier alpha value is -3.31. The van der Waals surface area contributed by atoms with E-state index in [0.717, 1.165) is 5.56 Å². The number of nitrogens with zero attached hydrogens (tertiary/aromatic N) is 1. The van der Waals surface area contributed by atoms with Gasteiger partial charge in [0, 0.05) is 16.8 Å². The lowest BCUT2D eigenvalue weighted by Crippen LogP contribution is -2.11. The number of oxazole rings is 1. The number of aromatic nitrogens is 1. The van der Waals surface area contributed by atoms with Crippen molar-refractivity contribution < 1.29 is 13.9 Å². The van der Waals surface area contributed by atoms with Gasteiger partial charge in [-0.05, 0) is 48.5 Å². The summed E-state index contributed by atoms with van der Waals surface area (Å²) in [7, 11) is 1.56. The van der Waals surface area contributed by atoms with Gasteiger partial charge in [0.1, 0.15) is 11.3 Å². The van der Waals surface area contributed by atoms with Crippen LogP contribution in [0, 0.1) is 0 Å². The number of carbonyl (C=O) groups excluding carboxylic acids is 1. The van der Waals surface area contributed by atoms with E-state index in [1.807, 2.05) is 24.3 Å². The highest BCUT2D eigenvalue weighted by atomic mass is 35.5. The number of benzene rings is 3. The molecule has 3 aromatic carbocycles. The molecule has 1 N–H and O–H groups in total. The number of carbonyl (C=O) groups is 1. The quantitative estimate of drug-likeness (QED) is 0.515. The monoisotopic (exact) mass is 378 g/mol. The van der Waals surface area contributed by atoms with Crippen LogP contribution >= 0.6 is 11.6 Å². The van der Waals surface area contributed by atoms with E-state index in [4.69, 9.17) is 20.8 Å². The Labute approximate surface area is 160 Å². The molecule has 0 bridgehead atoms. The average molecular weight is 379 g/mol. The fourth-order valence-corrected chi connectivity index (χ4v) is 2.98. The lowest BCUT2D eigenvalue weighted by Gasteiger charge is -2.04. The second kappa shape index (κ2) is 7.13. The van der Waals surface area contributed by atoms with Crippen LogP contribution in [0.4, 0.5) is 5.69 Å². The third-order valence-electron chi connectivity index (χ3n) is 4.08. The number of ether oxygens (including phenoxy) is 1. The lowest BCUT2D eigenvalue weighted by molar-refractivity contribution is 0.102. The third-order valence-corrected chi connectivity index (χ3v) is 4.38. The SMILES string of the molecule is COc1ccc(-c2nc3cc(NC(=O)c4ccccc4)ccc3o2)cc1Cl. The molecule has 0 fully saturated rings. The molecule has 0 saturated heterocycles. The Bertz CT molecular complexity index is 1120. The number of anilines is 1. The fourth-order valence-electron chi connectivity index (χ4n) is 2.72. The zero-order chi connectivity index (χ0) is 18.8. The van der Waals surface area contributed by atoms with Crippen molar-refractivity contribution in [3.8, 4) is 17.2 Å². The van der Waals surface area contributed by atoms with Crippen molar-refractivity contribution in [1.82, 2.24) is 4.98 Å². The summed E-state index contributed by atoms with van der Waals surface area (Å²) < 4.78 is 11.0. The molecule has 0 radical (unpaired) electrons. The predicted octanol–water partition coefficient (Wildman–Crippen LogP) is 5.41. The van der Waals surface area contributed by atoms with Crippen molar-refractivity contribution in [2.24, 2.45) is 0 Å². The standard InChI is InChI=1S/C21H15ClN2O3/c1-26-18-9-7-14(11-16(18)22)21-24-17-12-15(8-10-19(17)27-21)23-20(25)13-5-3-2-4-6-13/h2-12H,1H3,(H,23,25). The zero-order valence-electron chi connectivity index (χ0n) is 14.4. The van der Waals surface area contributed by atoms with Gasteiger partial charge >= 0.3 is 0 Å². The van der Waals surface area contributed by atoms with Gasteiger partial charge in [0.2, 0.25) is 5.89 Å². The van der Waals surface area contributed by atoms with Crippen molar-refractivity contribution in [1.29, 1.82) is 0 Å². The Morgan fingerprint density at radius 3 is 2.63 bits per heavy atom. The van der Waals surface area contributed by atoms with Crippen molar-refractivity contribution >= 4 is 34.3 Å². The van der Waals surface area contributed by atoms with E-state index in [9.17, 15) is 4.79 Å². The van der Waals surface area contributed by atoms with Crippen LogP contribution in [-0.4, -0.2) is 18.0 Å². The van der Waals surface area contributed by atoms with Crippen LogP contribution in [0.3, 0.4) is 0 Å². The molecule has 5 nitrogen and oxygen atoms in total. The number of halogens is 1. The summed E-state index contributed by atoms with van der Waals surface area (Å²) in [6, 6.07) is 19.7. The summed E-state index contributed by atoms with van der Waals surface area (Å²) in [5, 5.41) is 3.35. The first-order chi connectivity index (χ1) is 13.1. The van der Waals surface area contributed by atoms with Gasteiger partial charge in [-0.3, -0.25) is 4.79 Å². The molecular weight excluding hydrogens is 364 g/mol. The minimum absolute atomic E-state index is 0.180. The Balaban J connectivity index is 1.62. The van der Waals surface area contributed by atoms with Crippen LogP contribution in [0.5, 0.6) is 5.75 Å². The molecule has 0 aliphatic carbocycles. The Kier molecular flexibility index (Phi) is 4.52. The summed E-state index contributed by atoms with van der Waals surface area (Å²) in [5.41, 5.74) is 3.24. The lowest BCUT2D eigenvalue weighted by atomic mass is 10.2. The molecule has 0 atom stereocenters. The summed E-state index contributed by atoms with van der Waals surface area (Å²) in [4.78, 5) is 16.8. The van der Waals surface area contributed by atoms with Gasteiger partial charge in [-0.1, -0.05) is 29.8 Å². The first-order valence-electron chi connectivity index (χ1n) is 8.25. The average Bonchev–Trinajstić information content (AvgIpc) is 3.12. The Morgan fingerprint density at radius 2 is 1.89 bits per heavy atom. The summed E-state index contributed by atoms with van der Waals surface area (Å²) in [6.45, 7) is 0. The molecule has 6 heteroatoms. The highest BCUT2D eigenvalue weighted by molar-refractivity contribution is 6.32. The van der Waals surface area contributed by atoms with Crippen LogP contribution in [-0.2, 0) is 0 Å². The van der Waals surface area contributed by atoms with Crippen molar-refractivity contribution in [3.63, 3.8) is 0 Å². The molecule has 1 aromatic heterocycles. The largest absolute Gasteiger partial charge is 0.495 e. The molecule has 134 valence electrons. The maximum atomic E-state index is 12.3. The van der Waals surface area contributed by atoms with Crippen molar-refractivity contribution in [3.05, 3.63) is 77.3 Å². The fraction of sp³-hybridized carbons (Fsp3) is 0.0476. The molecule has 0 spiro atoms. The molecule has 4 rings (SSSR count). The van der Waals surface area contributed by atoms with Gasteiger partial charge < -0.3 is 14.5 Å². The van der Waals surface area contributed by atoms with E-state index in [-0.39, 0.29) is 5.91 Å². The zero-order valence-corrected chi connectivity index (χ0v) is 15.2. The van der Waals surface area contributed by atoms with Gasteiger partial charge in [0.15, 0.2) is 5.58 Å². The van der Waals surface area contributed by atoms with E-state index in [2.05, 4.69) is 10.3 Å². The number of nitrogens with one attached hydrogen (secondary N) is 1. The van der Waals surface area contributed by atoms with Gasteiger partial charge in [0.25, 0.3) is 5.91 Å². The van der Waals surface area contributed by atoms with E-state index in [0.29, 0.717) is 39.0 Å². The second-order valence-corrected chi connectivity index (χ2v) is 6.28. The predicted molar refractivity (Wildman–Crippen MR) is 105 cm³/mol. The second-order valence-electron chi connectivity index (χ2n) is 5.87. The molecule has 4 aromatic rings. The number of methoxy groups -OCH3 is 1. The number of amides is 1. The van der Waals surface area contributed by atoms with E-state index in [1.54, 1.807) is 49.6 Å². The van der Waals surface area contributed by atoms with Crippen LogP contribution < -0.4 is 10.1 Å². The van der Waals surface area contributed by atoms with Crippen LogP contribution in [0.25, 0.3) is 22.6 Å². The Morgan fingerprint density at radius 1 is 1.07 bits per heavy atom.